The van der Waals surface area contributed by atoms with Crippen molar-refractivity contribution in [1.29, 1.82) is 5.26 Å². The molecule has 1 N–H and O–H groups in total. The Morgan fingerprint density at radius 1 is 1.24 bits per heavy atom. The minimum atomic E-state index is -0.345. The molecule has 0 unspecified atom stereocenters. The maximum atomic E-state index is 13.7. The SMILES string of the molecule is COc1cccc(CCNCc2ccc(C#N)cc2F)c1. The normalized spacial score (nSPS) is 10.1. The first-order valence-corrected chi connectivity index (χ1v) is 6.75. The van der Waals surface area contributed by atoms with Crippen LogP contribution in [0.15, 0.2) is 42.5 Å². The Hall–Kier alpha value is -2.38. The highest BCUT2D eigenvalue weighted by atomic mass is 19.1. The monoisotopic (exact) mass is 284 g/mol. The Kier molecular flexibility index (Phi) is 5.30. The standard InChI is InChI=1S/C17H17FN2O/c1-21-16-4-2-3-13(9-16)7-8-20-12-15-6-5-14(11-19)10-17(15)18/h2-6,9-10,20H,7-8,12H2,1H3. The van der Waals surface area contributed by atoms with Crippen molar-refractivity contribution in [3.05, 3.63) is 65.0 Å². The summed E-state index contributed by atoms with van der Waals surface area (Å²) in [6.07, 6.45) is 0.842. The first kappa shape index (κ1) is 15.0. The molecule has 0 heterocycles. The van der Waals surface area contributed by atoms with Crippen LogP contribution in [0.4, 0.5) is 4.39 Å². The van der Waals surface area contributed by atoms with Crippen molar-refractivity contribution < 1.29 is 9.13 Å². The lowest BCUT2D eigenvalue weighted by Crippen LogP contribution is -2.17. The smallest absolute Gasteiger partial charge is 0.129 e. The van der Waals surface area contributed by atoms with E-state index in [9.17, 15) is 4.39 Å². The van der Waals surface area contributed by atoms with Gasteiger partial charge in [0.15, 0.2) is 0 Å². The molecule has 0 fully saturated rings. The molecule has 0 aliphatic rings. The van der Waals surface area contributed by atoms with Gasteiger partial charge >= 0.3 is 0 Å². The number of methoxy groups -OCH3 is 1. The van der Waals surface area contributed by atoms with Gasteiger partial charge in [0.1, 0.15) is 11.6 Å². The van der Waals surface area contributed by atoms with Crippen LogP contribution < -0.4 is 10.1 Å². The van der Waals surface area contributed by atoms with Crippen molar-refractivity contribution >= 4 is 0 Å². The maximum absolute atomic E-state index is 13.7. The van der Waals surface area contributed by atoms with Crippen LogP contribution in [0.3, 0.4) is 0 Å². The average molecular weight is 284 g/mol. The summed E-state index contributed by atoms with van der Waals surface area (Å²) in [5.74, 6) is 0.494. The van der Waals surface area contributed by atoms with Crippen LogP contribution in [0.5, 0.6) is 5.75 Å². The molecular weight excluding hydrogens is 267 g/mol. The number of halogens is 1. The molecule has 0 saturated carbocycles. The van der Waals surface area contributed by atoms with Crippen molar-refractivity contribution in [2.45, 2.75) is 13.0 Å². The molecule has 0 saturated heterocycles. The number of hydrogen-bond acceptors (Lipinski definition) is 3. The van der Waals surface area contributed by atoms with Gasteiger partial charge in [-0.3, -0.25) is 0 Å². The molecule has 0 atom stereocenters. The van der Waals surface area contributed by atoms with E-state index < -0.39 is 0 Å². The van der Waals surface area contributed by atoms with E-state index in [0.717, 1.165) is 18.7 Å². The van der Waals surface area contributed by atoms with E-state index in [1.54, 1.807) is 19.2 Å². The highest BCUT2D eigenvalue weighted by molar-refractivity contribution is 5.33. The summed E-state index contributed by atoms with van der Waals surface area (Å²) in [6.45, 7) is 1.19. The van der Waals surface area contributed by atoms with Gasteiger partial charge in [-0.2, -0.15) is 5.26 Å². The fourth-order valence-corrected chi connectivity index (χ4v) is 2.04. The van der Waals surface area contributed by atoms with Crippen LogP contribution in [0.25, 0.3) is 0 Å². The first-order valence-electron chi connectivity index (χ1n) is 6.75. The molecule has 3 nitrogen and oxygen atoms in total. The molecule has 2 aromatic rings. The lowest BCUT2D eigenvalue weighted by Gasteiger charge is -2.07. The van der Waals surface area contributed by atoms with E-state index in [1.165, 1.54) is 11.6 Å². The number of nitrogens with one attached hydrogen (secondary N) is 1. The fraction of sp³-hybridized carbons (Fsp3) is 0.235. The van der Waals surface area contributed by atoms with E-state index in [1.807, 2.05) is 30.3 Å². The summed E-state index contributed by atoms with van der Waals surface area (Å²) in [5, 5.41) is 11.9. The van der Waals surface area contributed by atoms with Crippen LogP contribution in [0, 0.1) is 17.1 Å². The minimum absolute atomic E-state index is 0.340. The van der Waals surface area contributed by atoms with Crippen LogP contribution in [-0.4, -0.2) is 13.7 Å². The van der Waals surface area contributed by atoms with Crippen LogP contribution in [-0.2, 0) is 13.0 Å². The lowest BCUT2D eigenvalue weighted by atomic mass is 10.1. The predicted molar refractivity (Wildman–Crippen MR) is 79.5 cm³/mol. The predicted octanol–water partition coefficient (Wildman–Crippen LogP) is 3.04. The summed E-state index contributed by atoms with van der Waals surface area (Å²) in [7, 11) is 1.64. The topological polar surface area (TPSA) is 45.0 Å². The van der Waals surface area contributed by atoms with Crippen molar-refractivity contribution in [2.24, 2.45) is 0 Å². The Bertz CT molecular complexity index is 649. The third kappa shape index (κ3) is 4.30. The quantitative estimate of drug-likeness (QED) is 0.829. The number of nitrogens with zero attached hydrogens (tertiary/aromatic N) is 1. The largest absolute Gasteiger partial charge is 0.497 e. The highest BCUT2D eigenvalue weighted by Gasteiger charge is 2.03. The maximum Gasteiger partial charge on any atom is 0.129 e. The van der Waals surface area contributed by atoms with Gasteiger partial charge < -0.3 is 10.1 Å². The summed E-state index contributed by atoms with van der Waals surface area (Å²) in [5.41, 5.74) is 2.08. The Morgan fingerprint density at radius 2 is 2.10 bits per heavy atom. The molecule has 21 heavy (non-hydrogen) atoms. The van der Waals surface area contributed by atoms with Gasteiger partial charge in [-0.1, -0.05) is 18.2 Å². The Morgan fingerprint density at radius 3 is 2.81 bits per heavy atom. The average Bonchev–Trinajstić information content (AvgIpc) is 2.52. The first-order chi connectivity index (χ1) is 10.2. The van der Waals surface area contributed by atoms with E-state index in [2.05, 4.69) is 5.32 Å². The molecule has 0 bridgehead atoms. The van der Waals surface area contributed by atoms with E-state index in [0.29, 0.717) is 17.7 Å². The van der Waals surface area contributed by atoms with Crippen LogP contribution >= 0.6 is 0 Å². The van der Waals surface area contributed by atoms with Crippen molar-refractivity contribution in [3.8, 4) is 11.8 Å². The van der Waals surface area contributed by atoms with Gasteiger partial charge in [-0.15, -0.1) is 0 Å². The van der Waals surface area contributed by atoms with Crippen LogP contribution in [0.2, 0.25) is 0 Å². The number of ether oxygens (including phenoxy) is 1. The molecule has 0 radical (unpaired) electrons. The summed E-state index contributed by atoms with van der Waals surface area (Å²) in [6, 6.07) is 14.3. The molecule has 2 aromatic carbocycles. The summed E-state index contributed by atoms with van der Waals surface area (Å²) in [4.78, 5) is 0. The molecule has 0 aliphatic heterocycles. The molecular formula is C17H17FN2O. The van der Waals surface area contributed by atoms with Gasteiger partial charge in [-0.25, -0.2) is 4.39 Å². The highest BCUT2D eigenvalue weighted by Crippen LogP contribution is 2.13. The lowest BCUT2D eigenvalue weighted by molar-refractivity contribution is 0.414. The second-order valence-electron chi connectivity index (χ2n) is 4.70. The molecule has 0 spiro atoms. The van der Waals surface area contributed by atoms with Crippen molar-refractivity contribution in [3.63, 3.8) is 0 Å². The molecule has 0 aliphatic carbocycles. The molecule has 2 rings (SSSR count). The van der Waals surface area contributed by atoms with Gasteiger partial charge in [0, 0.05) is 12.1 Å². The molecule has 0 amide bonds. The van der Waals surface area contributed by atoms with Crippen molar-refractivity contribution in [2.75, 3.05) is 13.7 Å². The van der Waals surface area contributed by atoms with Gasteiger partial charge in [-0.05, 0) is 42.8 Å². The number of rotatable bonds is 6. The second kappa shape index (κ2) is 7.41. The van der Waals surface area contributed by atoms with Gasteiger partial charge in [0.25, 0.3) is 0 Å². The minimum Gasteiger partial charge on any atom is -0.497 e. The molecule has 108 valence electrons. The number of benzene rings is 2. The summed E-state index contributed by atoms with van der Waals surface area (Å²) < 4.78 is 18.9. The van der Waals surface area contributed by atoms with Crippen LogP contribution in [0.1, 0.15) is 16.7 Å². The Balaban J connectivity index is 1.83. The van der Waals surface area contributed by atoms with E-state index in [-0.39, 0.29) is 5.82 Å². The zero-order chi connectivity index (χ0) is 15.1. The van der Waals surface area contributed by atoms with Gasteiger partial charge in [0.2, 0.25) is 0 Å². The zero-order valence-electron chi connectivity index (χ0n) is 11.9. The second-order valence-corrected chi connectivity index (χ2v) is 4.70. The third-order valence-corrected chi connectivity index (χ3v) is 3.22. The van der Waals surface area contributed by atoms with E-state index >= 15 is 0 Å². The zero-order valence-corrected chi connectivity index (χ0v) is 11.9. The third-order valence-electron chi connectivity index (χ3n) is 3.22. The fourth-order valence-electron chi connectivity index (χ4n) is 2.04. The van der Waals surface area contributed by atoms with E-state index in [4.69, 9.17) is 10.00 Å². The number of hydrogen-bond donors (Lipinski definition) is 1. The summed E-state index contributed by atoms with van der Waals surface area (Å²) >= 11 is 0. The Labute approximate surface area is 124 Å². The van der Waals surface area contributed by atoms with Gasteiger partial charge in [0.05, 0.1) is 18.7 Å². The molecule has 4 heteroatoms. The number of nitriles is 1. The molecule has 0 aromatic heterocycles. The van der Waals surface area contributed by atoms with Crippen molar-refractivity contribution in [1.82, 2.24) is 5.32 Å².